The number of nitrogens with zero attached hydrogens (tertiary/aromatic N) is 5. The number of aliphatic hydroxyl groups excluding tert-OH is 1. The zero-order valence-electron chi connectivity index (χ0n) is 20.7. The van der Waals surface area contributed by atoms with Gasteiger partial charge in [-0.25, -0.2) is 9.37 Å². The molecular formula is C25H26ClF4N5O3. The molecule has 1 amide bonds. The summed E-state index contributed by atoms with van der Waals surface area (Å²) in [5.74, 6) is -1.37. The molecule has 1 aromatic heterocycles. The second-order valence-corrected chi connectivity index (χ2v) is 9.75. The van der Waals surface area contributed by atoms with Crippen molar-refractivity contribution in [3.05, 3.63) is 51.9 Å². The molecule has 0 saturated carbocycles. The van der Waals surface area contributed by atoms with Crippen LogP contribution in [-0.2, 0) is 15.7 Å². The van der Waals surface area contributed by atoms with E-state index in [0.717, 1.165) is 12.1 Å². The minimum atomic E-state index is -4.80. The number of carbonyl (C=O) groups is 1. The maximum absolute atomic E-state index is 13.8. The van der Waals surface area contributed by atoms with Gasteiger partial charge < -0.3 is 19.6 Å². The molecule has 13 heteroatoms. The third kappa shape index (κ3) is 5.56. The smallest absolute Gasteiger partial charge is 0.394 e. The van der Waals surface area contributed by atoms with Gasteiger partial charge in [0, 0.05) is 44.1 Å². The number of pyridine rings is 1. The van der Waals surface area contributed by atoms with E-state index in [4.69, 9.17) is 16.3 Å². The van der Waals surface area contributed by atoms with E-state index in [2.05, 4.69) is 4.98 Å². The van der Waals surface area contributed by atoms with Crippen LogP contribution in [0.15, 0.2) is 24.3 Å². The highest BCUT2D eigenvalue weighted by atomic mass is 35.5. The minimum Gasteiger partial charge on any atom is -0.394 e. The van der Waals surface area contributed by atoms with Gasteiger partial charge in [-0.3, -0.25) is 9.69 Å². The van der Waals surface area contributed by atoms with E-state index in [9.17, 15) is 32.7 Å². The summed E-state index contributed by atoms with van der Waals surface area (Å²) in [5.41, 5.74) is -1.44. The lowest BCUT2D eigenvalue weighted by atomic mass is 10.1. The van der Waals surface area contributed by atoms with Gasteiger partial charge >= 0.3 is 6.18 Å². The van der Waals surface area contributed by atoms with E-state index in [1.165, 1.54) is 35.9 Å². The monoisotopic (exact) mass is 555 g/mol. The molecule has 0 aliphatic carbocycles. The van der Waals surface area contributed by atoms with Gasteiger partial charge in [-0.2, -0.15) is 18.4 Å². The van der Waals surface area contributed by atoms with Gasteiger partial charge in [-0.15, -0.1) is 0 Å². The van der Waals surface area contributed by atoms with Crippen molar-refractivity contribution in [3.63, 3.8) is 0 Å². The summed E-state index contributed by atoms with van der Waals surface area (Å²) in [6.45, 7) is 2.54. The van der Waals surface area contributed by atoms with Crippen molar-refractivity contribution in [2.75, 3.05) is 49.7 Å². The van der Waals surface area contributed by atoms with E-state index in [-0.39, 0.29) is 42.1 Å². The molecular weight excluding hydrogens is 530 g/mol. The number of ether oxygens (including phenoxy) is 1. The summed E-state index contributed by atoms with van der Waals surface area (Å²) >= 11 is 5.90. The zero-order valence-corrected chi connectivity index (χ0v) is 21.4. The van der Waals surface area contributed by atoms with Crippen LogP contribution in [0, 0.1) is 24.1 Å². The number of aryl methyl sites for hydroxylation is 1. The molecule has 0 spiro atoms. The lowest BCUT2D eigenvalue weighted by Crippen LogP contribution is -2.49. The third-order valence-corrected chi connectivity index (χ3v) is 7.18. The molecule has 38 heavy (non-hydrogen) atoms. The number of anilines is 2. The van der Waals surface area contributed by atoms with Crippen LogP contribution in [0.4, 0.5) is 29.1 Å². The van der Waals surface area contributed by atoms with E-state index in [1.807, 2.05) is 4.90 Å². The topological polar surface area (TPSA) is 92.9 Å². The Hall–Kier alpha value is -2.98. The van der Waals surface area contributed by atoms with E-state index < -0.39 is 41.2 Å². The fraction of sp³-hybridized carbons (Fsp3) is 0.480. The Morgan fingerprint density at radius 1 is 1.34 bits per heavy atom. The number of rotatable bonds is 5. The van der Waals surface area contributed by atoms with Gasteiger partial charge in [0.05, 0.1) is 29.9 Å². The standard InChI is InChI=1S/C25H26ClF4N5O3/c1-14-7-19(25(28,29)30)18(10-31)23(32-14)35-11-16(34-5-6-38-17(12-34)13-36)9-22(35)24(37)33(2)15-3-4-21(27)20(26)8-15/h3-4,7-8,16-17,22,36H,5-6,9,11-13H2,1-2H3. The molecule has 0 radical (unpaired) electrons. The molecule has 204 valence electrons. The second kappa shape index (κ2) is 11.0. The number of nitriles is 1. The molecule has 2 aliphatic rings. The van der Waals surface area contributed by atoms with Gasteiger partial charge in [0.25, 0.3) is 0 Å². The zero-order chi connectivity index (χ0) is 27.8. The highest BCUT2D eigenvalue weighted by Gasteiger charge is 2.45. The fourth-order valence-electron chi connectivity index (χ4n) is 4.97. The van der Waals surface area contributed by atoms with Crippen LogP contribution in [0.2, 0.25) is 5.02 Å². The maximum atomic E-state index is 13.8. The van der Waals surface area contributed by atoms with Gasteiger partial charge in [0.1, 0.15) is 29.3 Å². The number of morpholine rings is 1. The van der Waals surface area contributed by atoms with Crippen molar-refractivity contribution >= 4 is 29.0 Å². The number of hydrogen-bond donors (Lipinski definition) is 1. The summed E-state index contributed by atoms with van der Waals surface area (Å²) in [7, 11) is 1.46. The molecule has 1 N–H and O–H groups in total. The second-order valence-electron chi connectivity index (χ2n) is 9.34. The lowest BCUT2D eigenvalue weighted by Gasteiger charge is -2.36. The number of alkyl halides is 3. The molecule has 8 nitrogen and oxygen atoms in total. The largest absolute Gasteiger partial charge is 0.417 e. The SMILES string of the molecule is Cc1cc(C(F)(F)F)c(C#N)c(N2CC(N3CCOC(CO)C3)CC2C(=O)N(C)c2ccc(F)c(Cl)c2)n1. The van der Waals surface area contributed by atoms with Gasteiger partial charge in [-0.1, -0.05) is 11.6 Å². The quantitative estimate of drug-likeness (QED) is 0.566. The van der Waals surface area contributed by atoms with Gasteiger partial charge in [0.15, 0.2) is 0 Å². The lowest BCUT2D eigenvalue weighted by molar-refractivity contribution is -0.137. The van der Waals surface area contributed by atoms with Crippen LogP contribution in [0.5, 0.6) is 0 Å². The summed E-state index contributed by atoms with van der Waals surface area (Å²) in [6, 6.07) is 4.95. The molecule has 0 bridgehead atoms. The Balaban J connectivity index is 1.76. The Bertz CT molecular complexity index is 1250. The molecule has 2 saturated heterocycles. The predicted molar refractivity (Wildman–Crippen MR) is 131 cm³/mol. The average Bonchev–Trinajstić information content (AvgIpc) is 3.34. The number of amides is 1. The Morgan fingerprint density at radius 3 is 2.71 bits per heavy atom. The van der Waals surface area contributed by atoms with Gasteiger partial charge in [0.2, 0.25) is 5.91 Å². The van der Waals surface area contributed by atoms with Crippen LogP contribution >= 0.6 is 11.6 Å². The Morgan fingerprint density at radius 2 is 2.08 bits per heavy atom. The van der Waals surface area contributed by atoms with Crippen LogP contribution in [0.1, 0.15) is 23.2 Å². The normalized spacial score (nSPS) is 22.4. The summed E-state index contributed by atoms with van der Waals surface area (Å²) in [6.07, 6.45) is -5.01. The van der Waals surface area contributed by atoms with Gasteiger partial charge in [-0.05, 0) is 37.6 Å². The average molecular weight is 556 g/mol. The Kier molecular flexibility index (Phi) is 8.13. The first kappa shape index (κ1) is 28.0. The number of benzene rings is 1. The number of hydrogen-bond acceptors (Lipinski definition) is 7. The minimum absolute atomic E-state index is 0.0476. The van der Waals surface area contributed by atoms with Crippen LogP contribution in [0.3, 0.4) is 0 Å². The van der Waals surface area contributed by atoms with Crippen LogP contribution in [0.25, 0.3) is 0 Å². The third-order valence-electron chi connectivity index (χ3n) is 6.89. The Labute approximate surface area is 222 Å². The summed E-state index contributed by atoms with van der Waals surface area (Å²) < 4.78 is 60.8. The van der Waals surface area contributed by atoms with Crippen LogP contribution in [-0.4, -0.2) is 79.0 Å². The van der Waals surface area contributed by atoms with Crippen molar-refractivity contribution in [2.45, 2.75) is 37.7 Å². The van der Waals surface area contributed by atoms with Crippen molar-refractivity contribution in [3.8, 4) is 6.07 Å². The molecule has 2 aromatic rings. The molecule has 1 aromatic carbocycles. The number of halogens is 5. The highest BCUT2D eigenvalue weighted by Crippen LogP contribution is 2.39. The van der Waals surface area contributed by atoms with Crippen LogP contribution < -0.4 is 9.80 Å². The number of aliphatic hydroxyl groups is 1. The van der Waals surface area contributed by atoms with Crippen molar-refractivity contribution in [1.82, 2.24) is 9.88 Å². The first-order chi connectivity index (χ1) is 17.9. The fourth-order valence-corrected chi connectivity index (χ4v) is 5.15. The van der Waals surface area contributed by atoms with Crippen molar-refractivity contribution in [1.29, 1.82) is 5.26 Å². The highest BCUT2D eigenvalue weighted by molar-refractivity contribution is 6.31. The first-order valence-electron chi connectivity index (χ1n) is 11.9. The van der Waals surface area contributed by atoms with Crippen molar-refractivity contribution in [2.24, 2.45) is 0 Å². The number of carbonyl (C=O) groups excluding carboxylic acids is 1. The molecule has 4 rings (SSSR count). The van der Waals surface area contributed by atoms with Crippen molar-refractivity contribution < 1.29 is 32.2 Å². The summed E-state index contributed by atoms with van der Waals surface area (Å²) in [4.78, 5) is 22.8. The first-order valence-corrected chi connectivity index (χ1v) is 12.3. The number of aromatic nitrogens is 1. The molecule has 3 unspecified atom stereocenters. The molecule has 2 fully saturated rings. The van der Waals surface area contributed by atoms with E-state index in [0.29, 0.717) is 25.4 Å². The van der Waals surface area contributed by atoms with E-state index >= 15 is 0 Å². The molecule has 3 atom stereocenters. The predicted octanol–water partition coefficient (Wildman–Crippen LogP) is 3.38. The maximum Gasteiger partial charge on any atom is 0.417 e. The molecule has 3 heterocycles. The summed E-state index contributed by atoms with van der Waals surface area (Å²) in [5, 5.41) is 19.1. The molecule has 2 aliphatic heterocycles. The van der Waals surface area contributed by atoms with E-state index in [1.54, 1.807) is 6.07 Å². The number of likely N-dealkylation sites (N-methyl/N-ethyl adjacent to an activating group) is 1.